The van der Waals surface area contributed by atoms with Crippen LogP contribution < -0.4 is 10.6 Å². The smallest absolute Gasteiger partial charge is 0.322 e. The zero-order valence-corrected chi connectivity index (χ0v) is 13.5. The van der Waals surface area contributed by atoms with Gasteiger partial charge in [0.1, 0.15) is 6.04 Å². The first-order valence-electron chi connectivity index (χ1n) is 7.71. The SMILES string of the molecule is COC(=O)[C@@H]1C[C@@H](NC(=O)c2cccc3c(C)c(C)[nH]c23)CN1. The van der Waals surface area contributed by atoms with E-state index >= 15 is 0 Å². The lowest BCUT2D eigenvalue weighted by Crippen LogP contribution is -2.36. The summed E-state index contributed by atoms with van der Waals surface area (Å²) >= 11 is 0. The lowest BCUT2D eigenvalue weighted by molar-refractivity contribution is -0.142. The van der Waals surface area contributed by atoms with Gasteiger partial charge in [0.25, 0.3) is 5.91 Å². The monoisotopic (exact) mass is 315 g/mol. The second kappa shape index (κ2) is 6.04. The van der Waals surface area contributed by atoms with Gasteiger partial charge in [-0.25, -0.2) is 0 Å². The first-order chi connectivity index (χ1) is 11.0. The maximum absolute atomic E-state index is 12.6. The average Bonchev–Trinajstić information content (AvgIpc) is 3.12. The molecule has 23 heavy (non-hydrogen) atoms. The molecule has 122 valence electrons. The summed E-state index contributed by atoms with van der Waals surface area (Å²) in [6.07, 6.45) is 0.539. The molecule has 1 aromatic heterocycles. The molecule has 6 heteroatoms. The van der Waals surface area contributed by atoms with E-state index in [1.54, 1.807) is 0 Å². The Labute approximate surface area is 134 Å². The molecule has 3 rings (SSSR count). The van der Waals surface area contributed by atoms with E-state index in [2.05, 4.69) is 15.6 Å². The minimum Gasteiger partial charge on any atom is -0.468 e. The highest BCUT2D eigenvalue weighted by atomic mass is 16.5. The summed E-state index contributed by atoms with van der Waals surface area (Å²) in [4.78, 5) is 27.4. The molecule has 3 N–H and O–H groups in total. The van der Waals surface area contributed by atoms with Crippen LogP contribution in [0.15, 0.2) is 18.2 Å². The number of fused-ring (bicyclic) bond motifs is 1. The van der Waals surface area contributed by atoms with Gasteiger partial charge in [-0.05, 0) is 31.9 Å². The highest BCUT2D eigenvalue weighted by Gasteiger charge is 2.31. The Hall–Kier alpha value is -2.34. The van der Waals surface area contributed by atoms with Crippen molar-refractivity contribution in [2.75, 3.05) is 13.7 Å². The maximum atomic E-state index is 12.6. The molecule has 1 aliphatic heterocycles. The van der Waals surface area contributed by atoms with E-state index < -0.39 is 0 Å². The number of methoxy groups -OCH3 is 1. The fourth-order valence-corrected chi connectivity index (χ4v) is 3.10. The van der Waals surface area contributed by atoms with Crippen molar-refractivity contribution < 1.29 is 14.3 Å². The number of aromatic amines is 1. The van der Waals surface area contributed by atoms with Crippen LogP contribution in [0, 0.1) is 13.8 Å². The molecule has 0 bridgehead atoms. The number of rotatable bonds is 3. The van der Waals surface area contributed by atoms with Gasteiger partial charge in [-0.1, -0.05) is 12.1 Å². The van der Waals surface area contributed by atoms with Gasteiger partial charge in [0.2, 0.25) is 0 Å². The highest BCUT2D eigenvalue weighted by molar-refractivity contribution is 6.06. The van der Waals surface area contributed by atoms with E-state index in [1.807, 2.05) is 32.0 Å². The van der Waals surface area contributed by atoms with Gasteiger partial charge in [0.05, 0.1) is 18.2 Å². The molecule has 2 heterocycles. The molecule has 0 unspecified atom stereocenters. The van der Waals surface area contributed by atoms with Crippen LogP contribution in [0.4, 0.5) is 0 Å². The van der Waals surface area contributed by atoms with Gasteiger partial charge in [0.15, 0.2) is 0 Å². The predicted molar refractivity (Wildman–Crippen MR) is 87.5 cm³/mol. The number of para-hydroxylation sites is 1. The number of hydrogen-bond donors (Lipinski definition) is 3. The third kappa shape index (κ3) is 2.82. The fraction of sp³-hybridized carbons (Fsp3) is 0.412. The molecule has 1 aliphatic rings. The van der Waals surface area contributed by atoms with Crippen LogP contribution in [0.25, 0.3) is 10.9 Å². The van der Waals surface area contributed by atoms with Crippen molar-refractivity contribution in [1.82, 2.24) is 15.6 Å². The minimum atomic E-state index is -0.351. The standard InChI is InChI=1S/C17H21N3O3/c1-9-10(2)19-15-12(9)5-4-6-13(15)16(21)20-11-7-14(18-8-11)17(22)23-3/h4-6,11,14,18-19H,7-8H2,1-3H3,(H,20,21)/t11-,14+/m1/s1. The molecule has 1 fully saturated rings. The lowest BCUT2D eigenvalue weighted by atomic mass is 10.1. The molecule has 1 amide bonds. The summed E-state index contributed by atoms with van der Waals surface area (Å²) in [5.41, 5.74) is 3.70. The number of H-pyrrole nitrogens is 1. The van der Waals surface area contributed by atoms with Crippen LogP contribution in [0.1, 0.15) is 28.0 Å². The molecule has 1 saturated heterocycles. The Morgan fingerprint density at radius 3 is 2.83 bits per heavy atom. The normalized spacial score (nSPS) is 20.7. The molecule has 2 atom stereocenters. The van der Waals surface area contributed by atoms with Crippen LogP contribution in [0.2, 0.25) is 0 Å². The number of ether oxygens (including phenoxy) is 1. The summed E-state index contributed by atoms with van der Waals surface area (Å²) in [6.45, 7) is 4.60. The van der Waals surface area contributed by atoms with Crippen molar-refractivity contribution in [1.29, 1.82) is 0 Å². The summed E-state index contributed by atoms with van der Waals surface area (Å²) in [6, 6.07) is 5.28. The van der Waals surface area contributed by atoms with Crippen molar-refractivity contribution in [3.05, 3.63) is 35.0 Å². The largest absolute Gasteiger partial charge is 0.468 e. The average molecular weight is 315 g/mol. The fourth-order valence-electron chi connectivity index (χ4n) is 3.10. The predicted octanol–water partition coefficient (Wildman–Crippen LogP) is 1.42. The van der Waals surface area contributed by atoms with E-state index in [0.29, 0.717) is 18.5 Å². The number of esters is 1. The number of aromatic nitrogens is 1. The molecule has 2 aromatic rings. The van der Waals surface area contributed by atoms with Crippen LogP contribution in [0.3, 0.4) is 0 Å². The third-order valence-electron chi connectivity index (χ3n) is 4.54. The third-order valence-corrected chi connectivity index (χ3v) is 4.54. The number of benzene rings is 1. The van der Waals surface area contributed by atoms with Gasteiger partial charge < -0.3 is 20.4 Å². The summed E-state index contributed by atoms with van der Waals surface area (Å²) in [7, 11) is 1.37. The molecule has 0 aliphatic carbocycles. The van der Waals surface area contributed by atoms with Gasteiger partial charge >= 0.3 is 5.97 Å². The minimum absolute atomic E-state index is 0.0842. The van der Waals surface area contributed by atoms with Crippen LogP contribution in [-0.4, -0.2) is 42.6 Å². The molecule has 0 saturated carbocycles. The highest BCUT2D eigenvalue weighted by Crippen LogP contribution is 2.24. The Morgan fingerprint density at radius 1 is 1.30 bits per heavy atom. The van der Waals surface area contributed by atoms with Crippen molar-refractivity contribution in [2.24, 2.45) is 0 Å². The van der Waals surface area contributed by atoms with E-state index in [1.165, 1.54) is 7.11 Å². The van der Waals surface area contributed by atoms with Gasteiger partial charge in [-0.15, -0.1) is 0 Å². The number of hydrogen-bond acceptors (Lipinski definition) is 4. The number of carbonyl (C=O) groups excluding carboxylic acids is 2. The first kappa shape index (κ1) is 15.6. The molecule has 1 aromatic carbocycles. The van der Waals surface area contributed by atoms with Gasteiger partial charge in [-0.3, -0.25) is 9.59 Å². The Balaban J connectivity index is 1.77. The van der Waals surface area contributed by atoms with Gasteiger partial charge in [0, 0.05) is 23.7 Å². The summed E-state index contributed by atoms with van der Waals surface area (Å²) in [5, 5.41) is 7.13. The number of amides is 1. The zero-order chi connectivity index (χ0) is 16.6. The van der Waals surface area contributed by atoms with Crippen LogP contribution in [-0.2, 0) is 9.53 Å². The van der Waals surface area contributed by atoms with E-state index in [-0.39, 0.29) is 24.0 Å². The number of nitrogens with one attached hydrogen (secondary N) is 3. The van der Waals surface area contributed by atoms with Crippen molar-refractivity contribution in [3.63, 3.8) is 0 Å². The van der Waals surface area contributed by atoms with Crippen molar-refractivity contribution in [2.45, 2.75) is 32.4 Å². The maximum Gasteiger partial charge on any atom is 0.322 e. The molecule has 0 radical (unpaired) electrons. The van der Waals surface area contributed by atoms with Crippen LogP contribution in [0.5, 0.6) is 0 Å². The van der Waals surface area contributed by atoms with Crippen LogP contribution >= 0.6 is 0 Å². The topological polar surface area (TPSA) is 83.2 Å². The lowest BCUT2D eigenvalue weighted by Gasteiger charge is -2.12. The molecular formula is C17H21N3O3. The Bertz CT molecular complexity index is 766. The molecule has 0 spiro atoms. The Morgan fingerprint density at radius 2 is 2.09 bits per heavy atom. The van der Waals surface area contributed by atoms with E-state index in [4.69, 9.17) is 4.74 Å². The Kier molecular flexibility index (Phi) is 4.09. The summed E-state index contributed by atoms with van der Waals surface area (Å²) < 4.78 is 4.73. The molecular weight excluding hydrogens is 294 g/mol. The van der Waals surface area contributed by atoms with E-state index in [9.17, 15) is 9.59 Å². The van der Waals surface area contributed by atoms with Crippen molar-refractivity contribution in [3.8, 4) is 0 Å². The second-order valence-corrected chi connectivity index (χ2v) is 5.99. The zero-order valence-electron chi connectivity index (χ0n) is 13.5. The first-order valence-corrected chi connectivity index (χ1v) is 7.71. The summed E-state index contributed by atoms with van der Waals surface area (Å²) in [5.74, 6) is -0.423. The van der Waals surface area contributed by atoms with E-state index in [0.717, 1.165) is 22.2 Å². The van der Waals surface area contributed by atoms with Gasteiger partial charge in [-0.2, -0.15) is 0 Å². The van der Waals surface area contributed by atoms with Crippen molar-refractivity contribution >= 4 is 22.8 Å². The molecule has 6 nitrogen and oxygen atoms in total. The number of aryl methyl sites for hydroxylation is 2. The quantitative estimate of drug-likeness (QED) is 0.748. The number of carbonyl (C=O) groups is 2. The second-order valence-electron chi connectivity index (χ2n) is 5.99.